The number of sulfonamides is 1. The van der Waals surface area contributed by atoms with Crippen LogP contribution in [0.1, 0.15) is 25.3 Å². The van der Waals surface area contributed by atoms with Crippen molar-refractivity contribution in [3.05, 3.63) is 35.9 Å². The summed E-state index contributed by atoms with van der Waals surface area (Å²) in [6, 6.07) is 10.4. The van der Waals surface area contributed by atoms with Crippen molar-refractivity contribution in [2.24, 2.45) is 5.92 Å². The number of hydrogen-bond donors (Lipinski definition) is 1. The molecular formula is C15H24N2O2S. The summed E-state index contributed by atoms with van der Waals surface area (Å²) in [6.07, 6.45) is 2.25. The molecule has 0 unspecified atom stereocenters. The van der Waals surface area contributed by atoms with Crippen LogP contribution in [0.4, 0.5) is 0 Å². The van der Waals surface area contributed by atoms with Crippen LogP contribution >= 0.6 is 0 Å². The summed E-state index contributed by atoms with van der Waals surface area (Å²) in [5.41, 5.74) is 1.32. The van der Waals surface area contributed by atoms with E-state index in [9.17, 15) is 8.42 Å². The SMILES string of the molecule is CCS(=O)(=O)NC[C@H]1CCCN(Cc2ccccc2)C1. The minimum Gasteiger partial charge on any atom is -0.299 e. The second kappa shape index (κ2) is 7.20. The Labute approximate surface area is 122 Å². The first-order chi connectivity index (χ1) is 9.59. The zero-order valence-electron chi connectivity index (χ0n) is 12.1. The van der Waals surface area contributed by atoms with Gasteiger partial charge in [-0.25, -0.2) is 13.1 Å². The summed E-state index contributed by atoms with van der Waals surface area (Å²) in [5.74, 6) is 0.585. The molecule has 5 heteroatoms. The third-order valence-electron chi connectivity index (χ3n) is 3.82. The summed E-state index contributed by atoms with van der Waals surface area (Å²) in [5, 5.41) is 0. The van der Waals surface area contributed by atoms with Crippen molar-refractivity contribution in [3.8, 4) is 0 Å². The lowest BCUT2D eigenvalue weighted by Gasteiger charge is -2.32. The van der Waals surface area contributed by atoms with Gasteiger partial charge in [0.25, 0.3) is 0 Å². The highest BCUT2D eigenvalue weighted by molar-refractivity contribution is 7.89. The molecule has 4 nitrogen and oxygen atoms in total. The second-order valence-electron chi connectivity index (χ2n) is 5.48. The first-order valence-electron chi connectivity index (χ1n) is 7.32. The van der Waals surface area contributed by atoms with Gasteiger partial charge < -0.3 is 0 Å². The van der Waals surface area contributed by atoms with Crippen molar-refractivity contribution in [2.45, 2.75) is 26.3 Å². The molecule has 0 amide bonds. The van der Waals surface area contributed by atoms with E-state index in [2.05, 4.69) is 33.9 Å². The molecule has 0 saturated carbocycles. The van der Waals surface area contributed by atoms with Gasteiger partial charge in [-0.2, -0.15) is 0 Å². The molecular weight excluding hydrogens is 272 g/mol. The quantitative estimate of drug-likeness (QED) is 0.871. The number of nitrogens with one attached hydrogen (secondary N) is 1. The van der Waals surface area contributed by atoms with Crippen molar-refractivity contribution >= 4 is 10.0 Å². The molecule has 1 aromatic rings. The molecule has 0 aromatic heterocycles. The number of rotatable bonds is 6. The Morgan fingerprint density at radius 2 is 2.05 bits per heavy atom. The van der Waals surface area contributed by atoms with Crippen molar-refractivity contribution in [1.29, 1.82) is 0 Å². The molecule has 1 saturated heterocycles. The maximum absolute atomic E-state index is 11.5. The molecule has 1 aromatic carbocycles. The Balaban J connectivity index is 1.83. The van der Waals surface area contributed by atoms with Gasteiger partial charge in [-0.3, -0.25) is 4.90 Å². The van der Waals surface area contributed by atoms with E-state index in [-0.39, 0.29) is 5.75 Å². The van der Waals surface area contributed by atoms with Crippen molar-refractivity contribution < 1.29 is 8.42 Å². The number of benzene rings is 1. The fourth-order valence-corrected chi connectivity index (χ4v) is 3.34. The minimum absolute atomic E-state index is 0.160. The van der Waals surface area contributed by atoms with Crippen LogP contribution in [-0.2, 0) is 16.6 Å². The highest BCUT2D eigenvalue weighted by Gasteiger charge is 2.21. The standard InChI is InChI=1S/C15H24N2O2S/c1-2-20(18,19)16-11-15-9-6-10-17(13-15)12-14-7-4-3-5-8-14/h3-5,7-8,15-16H,2,6,9-13H2,1H3/t15-/m1/s1. The molecule has 1 aliphatic rings. The van der Waals surface area contributed by atoms with Crippen molar-refractivity contribution in [3.63, 3.8) is 0 Å². The van der Waals surface area contributed by atoms with E-state index in [1.807, 2.05) is 6.07 Å². The van der Waals surface area contributed by atoms with E-state index in [1.54, 1.807) is 6.92 Å². The number of hydrogen-bond acceptors (Lipinski definition) is 3. The van der Waals surface area contributed by atoms with Gasteiger partial charge in [0.1, 0.15) is 0 Å². The van der Waals surface area contributed by atoms with Crippen LogP contribution in [0.5, 0.6) is 0 Å². The third kappa shape index (κ3) is 4.89. The van der Waals surface area contributed by atoms with Crippen LogP contribution in [0.25, 0.3) is 0 Å². The molecule has 0 spiro atoms. The molecule has 20 heavy (non-hydrogen) atoms. The molecule has 1 atom stereocenters. The van der Waals surface area contributed by atoms with Crippen LogP contribution in [0.15, 0.2) is 30.3 Å². The molecule has 0 radical (unpaired) electrons. The van der Waals surface area contributed by atoms with E-state index >= 15 is 0 Å². The lowest BCUT2D eigenvalue weighted by Crippen LogP contribution is -2.40. The van der Waals surface area contributed by atoms with Crippen LogP contribution < -0.4 is 4.72 Å². The van der Waals surface area contributed by atoms with Crippen LogP contribution in [0, 0.1) is 5.92 Å². The van der Waals surface area contributed by atoms with E-state index in [4.69, 9.17) is 0 Å². The average Bonchev–Trinajstić information content (AvgIpc) is 2.47. The molecule has 1 heterocycles. The first kappa shape index (κ1) is 15.5. The fourth-order valence-electron chi connectivity index (χ4n) is 2.65. The first-order valence-corrected chi connectivity index (χ1v) is 8.98. The molecule has 0 aliphatic carbocycles. The van der Waals surface area contributed by atoms with E-state index in [0.717, 1.165) is 32.5 Å². The number of likely N-dealkylation sites (tertiary alicyclic amines) is 1. The predicted octanol–water partition coefficient (Wildman–Crippen LogP) is 1.84. The van der Waals surface area contributed by atoms with E-state index < -0.39 is 10.0 Å². The smallest absolute Gasteiger partial charge is 0.211 e. The Morgan fingerprint density at radius 1 is 1.30 bits per heavy atom. The fraction of sp³-hybridized carbons (Fsp3) is 0.600. The van der Waals surface area contributed by atoms with Crippen LogP contribution in [0.2, 0.25) is 0 Å². The Morgan fingerprint density at radius 3 is 2.75 bits per heavy atom. The average molecular weight is 296 g/mol. The lowest BCUT2D eigenvalue weighted by atomic mass is 9.98. The van der Waals surface area contributed by atoms with E-state index in [1.165, 1.54) is 5.56 Å². The maximum atomic E-state index is 11.5. The Hall–Kier alpha value is -0.910. The number of piperidine rings is 1. The normalized spacial score (nSPS) is 20.9. The zero-order chi connectivity index (χ0) is 14.4. The number of nitrogens with zero attached hydrogens (tertiary/aromatic N) is 1. The molecule has 0 bridgehead atoms. The Bertz CT molecular complexity index is 502. The van der Waals surface area contributed by atoms with Gasteiger partial charge in [0.2, 0.25) is 10.0 Å². The predicted molar refractivity (Wildman–Crippen MR) is 81.9 cm³/mol. The summed E-state index contributed by atoms with van der Waals surface area (Å²) in [7, 11) is -3.06. The highest BCUT2D eigenvalue weighted by Crippen LogP contribution is 2.18. The topological polar surface area (TPSA) is 49.4 Å². The van der Waals surface area contributed by atoms with Gasteiger partial charge in [-0.05, 0) is 37.8 Å². The summed E-state index contributed by atoms with van der Waals surface area (Å²) >= 11 is 0. The van der Waals surface area contributed by atoms with Gasteiger partial charge in [0, 0.05) is 19.6 Å². The minimum atomic E-state index is -3.06. The monoisotopic (exact) mass is 296 g/mol. The summed E-state index contributed by atoms with van der Waals surface area (Å²) < 4.78 is 25.7. The van der Waals surface area contributed by atoms with Gasteiger partial charge in [-0.1, -0.05) is 30.3 Å². The maximum Gasteiger partial charge on any atom is 0.211 e. The molecule has 112 valence electrons. The molecule has 2 rings (SSSR count). The Kier molecular flexibility index (Phi) is 5.57. The highest BCUT2D eigenvalue weighted by atomic mass is 32.2. The van der Waals surface area contributed by atoms with Crippen LogP contribution in [-0.4, -0.2) is 38.7 Å². The summed E-state index contributed by atoms with van der Waals surface area (Å²) in [6.45, 7) is 5.28. The molecule has 1 N–H and O–H groups in total. The van der Waals surface area contributed by atoms with Gasteiger partial charge in [0.05, 0.1) is 5.75 Å². The third-order valence-corrected chi connectivity index (χ3v) is 5.19. The zero-order valence-corrected chi connectivity index (χ0v) is 12.9. The van der Waals surface area contributed by atoms with Gasteiger partial charge in [0.15, 0.2) is 0 Å². The van der Waals surface area contributed by atoms with Crippen molar-refractivity contribution in [1.82, 2.24) is 9.62 Å². The van der Waals surface area contributed by atoms with E-state index in [0.29, 0.717) is 12.5 Å². The van der Waals surface area contributed by atoms with Gasteiger partial charge in [-0.15, -0.1) is 0 Å². The van der Waals surface area contributed by atoms with Gasteiger partial charge >= 0.3 is 0 Å². The van der Waals surface area contributed by atoms with Crippen molar-refractivity contribution in [2.75, 3.05) is 25.4 Å². The molecule has 1 aliphatic heterocycles. The second-order valence-corrected chi connectivity index (χ2v) is 7.58. The lowest BCUT2D eigenvalue weighted by molar-refractivity contribution is 0.169. The summed E-state index contributed by atoms with van der Waals surface area (Å²) in [4.78, 5) is 2.42. The van der Waals surface area contributed by atoms with Crippen LogP contribution in [0.3, 0.4) is 0 Å². The largest absolute Gasteiger partial charge is 0.299 e. The molecule has 1 fully saturated rings.